The molecule has 11 heteroatoms. The number of nitrogens with zero attached hydrogens (tertiary/aromatic N) is 2. The van der Waals surface area contributed by atoms with Gasteiger partial charge in [-0.1, -0.05) is 60.4 Å². The van der Waals surface area contributed by atoms with E-state index < -0.39 is 23.7 Å². The van der Waals surface area contributed by atoms with E-state index in [-0.39, 0.29) is 27.9 Å². The molecular formula is C36H34N2O8S. The fourth-order valence-corrected chi connectivity index (χ4v) is 6.19. The Hall–Kier alpha value is -5.42. The van der Waals surface area contributed by atoms with E-state index in [4.69, 9.17) is 18.9 Å². The van der Waals surface area contributed by atoms with E-state index in [0.29, 0.717) is 47.3 Å². The summed E-state index contributed by atoms with van der Waals surface area (Å²) in [6.07, 6.45) is 1.44. The summed E-state index contributed by atoms with van der Waals surface area (Å²) in [5, 5.41) is 11.8. The number of amides is 1. The number of methoxy groups -OCH3 is 1. The quantitative estimate of drug-likeness (QED) is 0.0583. The van der Waals surface area contributed by atoms with Gasteiger partial charge in [0.15, 0.2) is 16.6 Å². The Morgan fingerprint density at radius 2 is 1.77 bits per heavy atom. The molecule has 1 aliphatic rings. The third-order valence-corrected chi connectivity index (χ3v) is 8.58. The van der Waals surface area contributed by atoms with Crippen molar-refractivity contribution in [1.82, 2.24) is 4.98 Å². The zero-order valence-corrected chi connectivity index (χ0v) is 27.3. The molecule has 1 N–H and O–H groups in total. The van der Waals surface area contributed by atoms with Gasteiger partial charge in [0, 0.05) is 5.56 Å². The first-order valence-corrected chi connectivity index (χ1v) is 15.6. The second-order valence-electron chi connectivity index (χ2n) is 10.6. The number of Topliss-reactive ketones (excluding diaryl/α,β-unsaturated/α-hetero) is 1. The highest BCUT2D eigenvalue weighted by Gasteiger charge is 2.48. The van der Waals surface area contributed by atoms with Crippen LogP contribution in [0.15, 0.2) is 85.0 Å². The lowest BCUT2D eigenvalue weighted by Crippen LogP contribution is -2.29. The van der Waals surface area contributed by atoms with Crippen LogP contribution >= 0.6 is 11.3 Å². The van der Waals surface area contributed by atoms with Crippen molar-refractivity contribution in [3.63, 3.8) is 0 Å². The molecule has 3 aromatic carbocycles. The number of esters is 1. The molecule has 4 aromatic rings. The predicted molar refractivity (Wildman–Crippen MR) is 178 cm³/mol. The van der Waals surface area contributed by atoms with Gasteiger partial charge in [-0.15, -0.1) is 0 Å². The molecule has 0 saturated carbocycles. The van der Waals surface area contributed by atoms with Crippen molar-refractivity contribution < 1.29 is 38.4 Å². The number of carbonyl (C=O) groups excluding carboxylic acids is 3. The number of ketones is 1. The van der Waals surface area contributed by atoms with Gasteiger partial charge >= 0.3 is 11.9 Å². The molecule has 10 nitrogen and oxygen atoms in total. The molecule has 0 radical (unpaired) electrons. The minimum absolute atomic E-state index is 0.00248. The summed E-state index contributed by atoms with van der Waals surface area (Å²) in [6, 6.07) is 18.6. The van der Waals surface area contributed by atoms with E-state index in [1.165, 1.54) is 18.1 Å². The zero-order valence-electron chi connectivity index (χ0n) is 26.4. The van der Waals surface area contributed by atoms with E-state index in [0.717, 1.165) is 22.5 Å². The van der Waals surface area contributed by atoms with Crippen LogP contribution in [0, 0.1) is 13.8 Å². The van der Waals surface area contributed by atoms with Gasteiger partial charge in [0.2, 0.25) is 0 Å². The molecule has 1 saturated heterocycles. The topological polar surface area (TPSA) is 124 Å². The summed E-state index contributed by atoms with van der Waals surface area (Å²) in [7, 11) is 1.48. The lowest BCUT2D eigenvalue weighted by atomic mass is 9.94. The van der Waals surface area contributed by atoms with Crippen molar-refractivity contribution in [3.05, 3.63) is 118 Å². The number of aliphatic hydroxyl groups excluding tert-OH is 1. The van der Waals surface area contributed by atoms with E-state index in [9.17, 15) is 19.5 Å². The minimum atomic E-state index is -1.11. The Morgan fingerprint density at radius 3 is 2.45 bits per heavy atom. The van der Waals surface area contributed by atoms with Crippen molar-refractivity contribution in [2.24, 2.45) is 0 Å². The lowest BCUT2D eigenvalue weighted by molar-refractivity contribution is -0.132. The standard InChI is InChI=1S/C36H34N2O8S/c1-6-17-45-35(42)33-22(4)37-36(47-33)38-30(24-13-16-27(44-7-2)28(19-24)43-5)29(32(40)34(38)41)31(39)25-14-15-26(21(3)18-25)46-20-23-11-9-8-10-12-23/h6,8-16,18-19,30,39H,1,7,17,20H2,2-5H3/b31-29-. The van der Waals surface area contributed by atoms with Gasteiger partial charge < -0.3 is 24.1 Å². The van der Waals surface area contributed by atoms with Gasteiger partial charge in [-0.25, -0.2) is 9.78 Å². The van der Waals surface area contributed by atoms with Gasteiger partial charge in [-0.3, -0.25) is 14.5 Å². The SMILES string of the molecule is C=CCOC(=O)c1sc(N2C(=O)C(=O)/C(=C(\O)c3ccc(OCc4ccccc4)c(C)c3)C2c2ccc(OCC)c(OC)c2)nc1C. The van der Waals surface area contributed by atoms with E-state index in [1.807, 2.05) is 44.2 Å². The number of ether oxygens (including phenoxy) is 4. The highest BCUT2D eigenvalue weighted by atomic mass is 32.1. The molecule has 0 aliphatic carbocycles. The van der Waals surface area contributed by atoms with Crippen LogP contribution in [0.25, 0.3) is 5.76 Å². The van der Waals surface area contributed by atoms with Gasteiger partial charge in [0.05, 0.1) is 31.0 Å². The van der Waals surface area contributed by atoms with Gasteiger partial charge in [0.25, 0.3) is 5.78 Å². The molecule has 1 unspecified atom stereocenters. The molecule has 1 aromatic heterocycles. The molecule has 1 atom stereocenters. The van der Waals surface area contributed by atoms with Crippen LogP contribution in [0.2, 0.25) is 0 Å². The Bertz CT molecular complexity index is 1860. The second kappa shape index (κ2) is 14.3. The highest BCUT2D eigenvalue weighted by molar-refractivity contribution is 7.17. The van der Waals surface area contributed by atoms with Gasteiger partial charge in [0.1, 0.15) is 29.6 Å². The number of hydrogen-bond donors (Lipinski definition) is 1. The van der Waals surface area contributed by atoms with Gasteiger partial charge in [-0.2, -0.15) is 0 Å². The normalized spacial score (nSPS) is 15.4. The molecule has 2 heterocycles. The first-order chi connectivity index (χ1) is 22.7. The maximum absolute atomic E-state index is 13.8. The smallest absolute Gasteiger partial charge is 0.350 e. The number of aliphatic hydroxyl groups is 1. The van der Waals surface area contributed by atoms with Gasteiger partial charge in [-0.05, 0) is 67.8 Å². The average molecular weight is 655 g/mol. The van der Waals surface area contributed by atoms with Crippen molar-refractivity contribution >= 4 is 39.9 Å². The first kappa shape index (κ1) is 33.0. The maximum Gasteiger partial charge on any atom is 0.350 e. The fraction of sp³-hybridized carbons (Fsp3) is 0.222. The number of benzene rings is 3. The summed E-state index contributed by atoms with van der Waals surface area (Å²) < 4.78 is 22.4. The van der Waals surface area contributed by atoms with Crippen LogP contribution < -0.4 is 19.1 Å². The second-order valence-corrected chi connectivity index (χ2v) is 11.5. The number of carbonyl (C=O) groups is 3. The summed E-state index contributed by atoms with van der Waals surface area (Å²) in [5.74, 6) is -1.39. The molecule has 242 valence electrons. The first-order valence-electron chi connectivity index (χ1n) is 14.8. The fourth-order valence-electron chi connectivity index (χ4n) is 5.20. The number of aryl methyl sites for hydroxylation is 2. The minimum Gasteiger partial charge on any atom is -0.507 e. The summed E-state index contributed by atoms with van der Waals surface area (Å²) in [5.41, 5.74) is 2.66. The third kappa shape index (κ3) is 6.75. The molecule has 1 fully saturated rings. The number of thiazole rings is 1. The Kier molecular flexibility index (Phi) is 10.1. The third-order valence-electron chi connectivity index (χ3n) is 7.44. The van der Waals surface area contributed by atoms with Crippen molar-refractivity contribution in [2.75, 3.05) is 25.2 Å². The Balaban J connectivity index is 1.60. The van der Waals surface area contributed by atoms with E-state index in [1.54, 1.807) is 43.3 Å². The average Bonchev–Trinajstić information content (AvgIpc) is 3.59. The number of anilines is 1. The Labute approximate surface area is 276 Å². The lowest BCUT2D eigenvalue weighted by Gasteiger charge is -2.24. The highest BCUT2D eigenvalue weighted by Crippen LogP contribution is 2.45. The summed E-state index contributed by atoms with van der Waals surface area (Å²) in [4.78, 5) is 46.1. The van der Waals surface area contributed by atoms with E-state index in [2.05, 4.69) is 11.6 Å². The van der Waals surface area contributed by atoms with Crippen LogP contribution in [0.4, 0.5) is 5.13 Å². The molecule has 1 aliphatic heterocycles. The zero-order chi connectivity index (χ0) is 33.7. The molecular weight excluding hydrogens is 620 g/mol. The Morgan fingerprint density at radius 1 is 1.02 bits per heavy atom. The molecule has 0 spiro atoms. The van der Waals surface area contributed by atoms with Crippen LogP contribution in [-0.2, 0) is 20.9 Å². The van der Waals surface area contributed by atoms with Crippen LogP contribution in [0.3, 0.4) is 0 Å². The van der Waals surface area contributed by atoms with Crippen LogP contribution in [0.1, 0.15) is 50.6 Å². The summed E-state index contributed by atoms with van der Waals surface area (Å²) >= 11 is 0.915. The van der Waals surface area contributed by atoms with Crippen molar-refractivity contribution in [1.29, 1.82) is 0 Å². The number of aromatic nitrogens is 1. The number of rotatable bonds is 12. The van der Waals surface area contributed by atoms with Crippen molar-refractivity contribution in [2.45, 2.75) is 33.4 Å². The van der Waals surface area contributed by atoms with E-state index >= 15 is 0 Å². The maximum atomic E-state index is 13.8. The monoisotopic (exact) mass is 654 g/mol. The number of hydrogen-bond acceptors (Lipinski definition) is 10. The molecule has 0 bridgehead atoms. The van der Waals surface area contributed by atoms with Crippen LogP contribution in [-0.4, -0.2) is 48.1 Å². The largest absolute Gasteiger partial charge is 0.507 e. The molecule has 1 amide bonds. The molecule has 47 heavy (non-hydrogen) atoms. The van der Waals surface area contributed by atoms with Crippen LogP contribution in [0.5, 0.6) is 17.2 Å². The predicted octanol–water partition coefficient (Wildman–Crippen LogP) is 6.72. The molecule has 5 rings (SSSR count). The van der Waals surface area contributed by atoms with Crippen molar-refractivity contribution in [3.8, 4) is 17.2 Å². The summed E-state index contributed by atoms with van der Waals surface area (Å²) in [6.45, 7) is 9.58.